The summed E-state index contributed by atoms with van der Waals surface area (Å²) in [7, 11) is 0. The molecule has 90 valence electrons. The van der Waals surface area contributed by atoms with Crippen LogP contribution in [-0.4, -0.2) is 25.8 Å². The zero-order valence-corrected chi connectivity index (χ0v) is 10.2. The average Bonchev–Trinajstić information content (AvgIpc) is 2.64. The van der Waals surface area contributed by atoms with Crippen LogP contribution in [0.2, 0.25) is 0 Å². The fraction of sp³-hybridized carbons (Fsp3) is 0.500. The molecular weight excluding hydrogens is 212 g/mol. The molecule has 0 spiro atoms. The van der Waals surface area contributed by atoms with Gasteiger partial charge in [0.05, 0.1) is 17.7 Å². The first-order chi connectivity index (χ1) is 8.33. The summed E-state index contributed by atoms with van der Waals surface area (Å²) in [5.41, 5.74) is 1.86. The fourth-order valence-electron chi connectivity index (χ4n) is 2.15. The summed E-state index contributed by atoms with van der Waals surface area (Å²) < 4.78 is 5.75. The fourth-order valence-corrected chi connectivity index (χ4v) is 2.15. The molecule has 0 aliphatic carbocycles. The van der Waals surface area contributed by atoms with Crippen LogP contribution in [0.1, 0.15) is 25.3 Å². The van der Waals surface area contributed by atoms with E-state index in [-0.39, 0.29) is 0 Å². The summed E-state index contributed by atoms with van der Waals surface area (Å²) in [5.74, 6) is 0. The highest BCUT2D eigenvalue weighted by atomic mass is 16.5. The van der Waals surface area contributed by atoms with Crippen molar-refractivity contribution >= 4 is 5.69 Å². The van der Waals surface area contributed by atoms with Gasteiger partial charge >= 0.3 is 0 Å². The van der Waals surface area contributed by atoms with Crippen LogP contribution < -0.4 is 4.90 Å². The van der Waals surface area contributed by atoms with Crippen LogP contribution in [0.15, 0.2) is 24.3 Å². The molecule has 0 radical (unpaired) electrons. The van der Waals surface area contributed by atoms with E-state index < -0.39 is 0 Å². The molecule has 1 aromatic carbocycles. The highest BCUT2D eigenvalue weighted by Gasteiger charge is 2.17. The Balaban J connectivity index is 2.16. The number of ether oxygens (including phenoxy) is 1. The summed E-state index contributed by atoms with van der Waals surface area (Å²) in [4.78, 5) is 2.32. The number of nitriles is 1. The molecule has 1 aliphatic heterocycles. The summed E-state index contributed by atoms with van der Waals surface area (Å²) in [6.07, 6.45) is 2.39. The van der Waals surface area contributed by atoms with E-state index >= 15 is 0 Å². The first-order valence-corrected chi connectivity index (χ1v) is 6.20. The second-order valence-electron chi connectivity index (χ2n) is 4.36. The quantitative estimate of drug-likeness (QED) is 0.783. The second kappa shape index (κ2) is 5.70. The molecule has 2 rings (SSSR count). The van der Waals surface area contributed by atoms with Crippen LogP contribution in [0.25, 0.3) is 0 Å². The van der Waals surface area contributed by atoms with Gasteiger partial charge in [-0.15, -0.1) is 0 Å². The lowest BCUT2D eigenvalue weighted by molar-refractivity contribution is 0.0664. The highest BCUT2D eigenvalue weighted by Crippen LogP contribution is 2.19. The number of nitrogens with zero attached hydrogens (tertiary/aromatic N) is 2. The van der Waals surface area contributed by atoms with Gasteiger partial charge in [-0.05, 0) is 31.0 Å². The van der Waals surface area contributed by atoms with Crippen LogP contribution >= 0.6 is 0 Å². The molecule has 1 fully saturated rings. The minimum atomic E-state index is 0.309. The lowest BCUT2D eigenvalue weighted by atomic mass is 10.2. The van der Waals surface area contributed by atoms with Gasteiger partial charge in [0.15, 0.2) is 0 Å². The molecule has 17 heavy (non-hydrogen) atoms. The molecule has 1 aromatic rings. The average molecular weight is 230 g/mol. The third kappa shape index (κ3) is 2.98. The van der Waals surface area contributed by atoms with E-state index in [1.54, 1.807) is 0 Å². The second-order valence-corrected chi connectivity index (χ2v) is 4.36. The summed E-state index contributed by atoms with van der Waals surface area (Å²) >= 11 is 0. The maximum atomic E-state index is 8.92. The Hall–Kier alpha value is -1.53. The minimum Gasteiger partial charge on any atom is -0.376 e. The number of hydrogen-bond acceptors (Lipinski definition) is 3. The van der Waals surface area contributed by atoms with Gasteiger partial charge in [-0.2, -0.15) is 5.26 Å². The molecule has 3 nitrogen and oxygen atoms in total. The molecule has 3 heteroatoms. The van der Waals surface area contributed by atoms with Gasteiger partial charge in [0.25, 0.3) is 0 Å². The standard InChI is InChI=1S/C14H18N2O/c1-2-14-11-16(7-4-8-17-14)13-6-3-5-12(9-13)10-15/h3,5-6,9,14H,2,4,7-8,11H2,1H3. The Labute approximate surface area is 103 Å². The Morgan fingerprint density at radius 2 is 2.41 bits per heavy atom. The van der Waals surface area contributed by atoms with Crippen LogP contribution in [0.3, 0.4) is 0 Å². The first-order valence-electron chi connectivity index (χ1n) is 6.20. The summed E-state index contributed by atoms with van der Waals surface area (Å²) in [6.45, 7) is 4.92. The van der Waals surface area contributed by atoms with Gasteiger partial charge in [0.1, 0.15) is 0 Å². The zero-order chi connectivity index (χ0) is 12.1. The Kier molecular flexibility index (Phi) is 4.00. The predicted molar refractivity (Wildman–Crippen MR) is 68.0 cm³/mol. The molecule has 1 heterocycles. The van der Waals surface area contributed by atoms with Crippen molar-refractivity contribution in [3.05, 3.63) is 29.8 Å². The van der Waals surface area contributed by atoms with Gasteiger partial charge < -0.3 is 9.64 Å². The lowest BCUT2D eigenvalue weighted by Crippen LogP contribution is -2.31. The third-order valence-electron chi connectivity index (χ3n) is 3.15. The Morgan fingerprint density at radius 3 is 3.18 bits per heavy atom. The maximum Gasteiger partial charge on any atom is 0.0992 e. The molecule has 0 amide bonds. The van der Waals surface area contributed by atoms with Crippen molar-refractivity contribution in [2.75, 3.05) is 24.6 Å². The van der Waals surface area contributed by atoms with Crippen LogP contribution in [0.5, 0.6) is 0 Å². The van der Waals surface area contributed by atoms with E-state index in [2.05, 4.69) is 24.0 Å². The molecular formula is C14H18N2O. The third-order valence-corrected chi connectivity index (χ3v) is 3.15. The van der Waals surface area contributed by atoms with E-state index in [9.17, 15) is 0 Å². The molecule has 0 aromatic heterocycles. The van der Waals surface area contributed by atoms with Gasteiger partial charge in [-0.25, -0.2) is 0 Å². The van der Waals surface area contributed by atoms with Crippen molar-refractivity contribution in [2.45, 2.75) is 25.9 Å². The van der Waals surface area contributed by atoms with E-state index in [1.165, 1.54) is 0 Å². The number of benzene rings is 1. The largest absolute Gasteiger partial charge is 0.376 e. The lowest BCUT2D eigenvalue weighted by Gasteiger charge is -2.25. The number of anilines is 1. The number of rotatable bonds is 2. The van der Waals surface area contributed by atoms with Gasteiger partial charge in [-0.1, -0.05) is 13.0 Å². The van der Waals surface area contributed by atoms with E-state index in [0.717, 1.165) is 43.8 Å². The highest BCUT2D eigenvalue weighted by molar-refractivity contribution is 5.51. The first kappa shape index (κ1) is 11.9. The van der Waals surface area contributed by atoms with Crippen LogP contribution in [-0.2, 0) is 4.74 Å². The number of hydrogen-bond donors (Lipinski definition) is 0. The SMILES string of the molecule is CCC1CN(c2cccc(C#N)c2)CCCO1. The molecule has 0 saturated carbocycles. The van der Waals surface area contributed by atoms with Crippen LogP contribution in [0, 0.1) is 11.3 Å². The topological polar surface area (TPSA) is 36.3 Å². The Morgan fingerprint density at radius 1 is 1.53 bits per heavy atom. The van der Waals surface area contributed by atoms with Gasteiger partial charge in [-0.3, -0.25) is 0 Å². The Bertz CT molecular complexity index is 411. The normalized spacial score (nSPS) is 20.7. The van der Waals surface area contributed by atoms with Crippen molar-refractivity contribution < 1.29 is 4.74 Å². The van der Waals surface area contributed by atoms with E-state index in [0.29, 0.717) is 6.10 Å². The molecule has 0 N–H and O–H groups in total. The predicted octanol–water partition coefficient (Wildman–Crippen LogP) is 2.56. The molecule has 1 unspecified atom stereocenters. The maximum absolute atomic E-state index is 8.92. The summed E-state index contributed by atoms with van der Waals surface area (Å²) in [6, 6.07) is 10.0. The zero-order valence-electron chi connectivity index (χ0n) is 10.2. The van der Waals surface area contributed by atoms with E-state index in [4.69, 9.17) is 10.00 Å². The summed E-state index contributed by atoms with van der Waals surface area (Å²) in [5, 5.41) is 8.92. The van der Waals surface area contributed by atoms with Gasteiger partial charge in [0, 0.05) is 25.4 Å². The van der Waals surface area contributed by atoms with Crippen molar-refractivity contribution in [3.63, 3.8) is 0 Å². The molecule has 0 bridgehead atoms. The molecule has 1 saturated heterocycles. The smallest absolute Gasteiger partial charge is 0.0992 e. The van der Waals surface area contributed by atoms with Crippen LogP contribution in [0.4, 0.5) is 5.69 Å². The monoisotopic (exact) mass is 230 g/mol. The van der Waals surface area contributed by atoms with Crippen molar-refractivity contribution in [3.8, 4) is 6.07 Å². The van der Waals surface area contributed by atoms with Crippen molar-refractivity contribution in [1.29, 1.82) is 5.26 Å². The van der Waals surface area contributed by atoms with Crippen molar-refractivity contribution in [1.82, 2.24) is 0 Å². The van der Waals surface area contributed by atoms with Crippen molar-refractivity contribution in [2.24, 2.45) is 0 Å². The minimum absolute atomic E-state index is 0.309. The van der Waals surface area contributed by atoms with Gasteiger partial charge in [0.2, 0.25) is 0 Å². The van der Waals surface area contributed by atoms with E-state index in [1.807, 2.05) is 18.2 Å². The molecule has 1 aliphatic rings. The molecule has 1 atom stereocenters.